The van der Waals surface area contributed by atoms with Crippen LogP contribution in [0.1, 0.15) is 5.76 Å². The SMILES string of the molecule is Cc1cc2cc(OCC3=CC=CN(c4ccnn4C)C3C(F)(F)F)ccc2o1. The van der Waals surface area contributed by atoms with Crippen molar-refractivity contribution in [3.63, 3.8) is 0 Å². The van der Waals surface area contributed by atoms with Gasteiger partial charge in [0.25, 0.3) is 0 Å². The molecule has 0 fully saturated rings. The van der Waals surface area contributed by atoms with Gasteiger partial charge in [-0.3, -0.25) is 4.68 Å². The number of fused-ring (bicyclic) bond motifs is 1. The first-order valence-electron chi connectivity index (χ1n) is 8.66. The Labute approximate surface area is 159 Å². The average Bonchev–Trinajstić information content (AvgIpc) is 3.22. The fourth-order valence-electron chi connectivity index (χ4n) is 3.35. The molecule has 1 aliphatic rings. The number of hydrogen-bond acceptors (Lipinski definition) is 4. The summed E-state index contributed by atoms with van der Waals surface area (Å²) in [6, 6.07) is 6.76. The van der Waals surface area contributed by atoms with Gasteiger partial charge in [0.2, 0.25) is 0 Å². The Hall–Kier alpha value is -3.16. The van der Waals surface area contributed by atoms with Gasteiger partial charge in [0, 0.05) is 24.7 Å². The zero-order chi connectivity index (χ0) is 19.9. The fourth-order valence-corrected chi connectivity index (χ4v) is 3.35. The van der Waals surface area contributed by atoms with E-state index in [1.165, 1.54) is 23.2 Å². The zero-order valence-corrected chi connectivity index (χ0v) is 15.3. The van der Waals surface area contributed by atoms with Crippen molar-refractivity contribution in [1.82, 2.24) is 9.78 Å². The van der Waals surface area contributed by atoms with Crippen LogP contribution in [-0.2, 0) is 7.05 Å². The third kappa shape index (κ3) is 3.37. The van der Waals surface area contributed by atoms with E-state index in [2.05, 4.69) is 5.10 Å². The number of nitrogens with zero attached hydrogens (tertiary/aromatic N) is 3. The molecule has 0 radical (unpaired) electrons. The molecule has 0 bridgehead atoms. The lowest BCUT2D eigenvalue weighted by molar-refractivity contribution is -0.140. The number of furan rings is 1. The molecule has 1 aliphatic heterocycles. The molecule has 1 unspecified atom stereocenters. The molecule has 0 amide bonds. The molecule has 4 rings (SSSR count). The molecule has 28 heavy (non-hydrogen) atoms. The van der Waals surface area contributed by atoms with Gasteiger partial charge in [-0.05, 0) is 42.8 Å². The summed E-state index contributed by atoms with van der Waals surface area (Å²) in [4.78, 5) is 1.16. The second-order valence-corrected chi connectivity index (χ2v) is 6.59. The molecular formula is C20H18F3N3O2. The Morgan fingerprint density at radius 1 is 1.21 bits per heavy atom. The van der Waals surface area contributed by atoms with Crippen LogP contribution in [0.5, 0.6) is 5.75 Å². The zero-order valence-electron chi connectivity index (χ0n) is 15.3. The number of benzene rings is 1. The second-order valence-electron chi connectivity index (χ2n) is 6.59. The Balaban J connectivity index is 1.58. The van der Waals surface area contributed by atoms with Gasteiger partial charge in [0.05, 0.1) is 6.20 Å². The molecule has 2 aromatic heterocycles. The molecule has 0 N–H and O–H groups in total. The first kappa shape index (κ1) is 18.2. The number of halogens is 3. The van der Waals surface area contributed by atoms with E-state index in [0.29, 0.717) is 17.2 Å². The summed E-state index contributed by atoms with van der Waals surface area (Å²) < 4.78 is 54.3. The van der Waals surface area contributed by atoms with E-state index in [0.717, 1.165) is 16.0 Å². The summed E-state index contributed by atoms with van der Waals surface area (Å²) in [5.41, 5.74) is 0.819. The Bertz CT molecular complexity index is 1060. The molecular weight excluding hydrogens is 371 g/mol. The highest BCUT2D eigenvalue weighted by Crippen LogP contribution is 2.36. The number of allylic oxidation sites excluding steroid dienone is 2. The summed E-state index contributed by atoms with van der Waals surface area (Å²) >= 11 is 0. The van der Waals surface area contributed by atoms with E-state index in [9.17, 15) is 13.2 Å². The van der Waals surface area contributed by atoms with E-state index >= 15 is 0 Å². The quantitative estimate of drug-likeness (QED) is 0.646. The van der Waals surface area contributed by atoms with Crippen molar-refractivity contribution in [3.8, 4) is 5.75 Å². The van der Waals surface area contributed by atoms with E-state index in [-0.39, 0.29) is 12.2 Å². The molecule has 3 aromatic rings. The average molecular weight is 389 g/mol. The van der Waals surface area contributed by atoms with E-state index < -0.39 is 12.2 Å². The van der Waals surface area contributed by atoms with Crippen LogP contribution in [0.15, 0.2) is 64.9 Å². The molecule has 0 aliphatic carbocycles. The summed E-state index contributed by atoms with van der Waals surface area (Å²) in [5.74, 6) is 1.59. The molecule has 0 saturated heterocycles. The Morgan fingerprint density at radius 2 is 2.04 bits per heavy atom. The van der Waals surface area contributed by atoms with Crippen LogP contribution >= 0.6 is 0 Å². The summed E-state index contributed by atoms with van der Waals surface area (Å²) in [7, 11) is 1.60. The number of alkyl halides is 3. The first-order chi connectivity index (χ1) is 13.3. The summed E-state index contributed by atoms with van der Waals surface area (Å²) in [6.07, 6.45) is 1.42. The predicted octanol–water partition coefficient (Wildman–Crippen LogP) is 4.74. The number of anilines is 1. The minimum absolute atomic E-state index is 0.111. The van der Waals surface area contributed by atoms with Gasteiger partial charge in [-0.1, -0.05) is 6.08 Å². The van der Waals surface area contributed by atoms with Crippen molar-refractivity contribution in [1.29, 1.82) is 0 Å². The number of aryl methyl sites for hydroxylation is 2. The monoisotopic (exact) mass is 389 g/mol. The number of ether oxygens (including phenoxy) is 1. The third-order valence-corrected chi connectivity index (χ3v) is 4.57. The minimum atomic E-state index is -4.48. The Kier molecular flexibility index (Phi) is 4.41. The maximum atomic E-state index is 13.9. The van der Waals surface area contributed by atoms with Crippen molar-refractivity contribution >= 4 is 16.8 Å². The third-order valence-electron chi connectivity index (χ3n) is 4.57. The van der Waals surface area contributed by atoms with Gasteiger partial charge >= 0.3 is 6.18 Å². The number of hydrogen-bond donors (Lipinski definition) is 0. The highest BCUT2D eigenvalue weighted by atomic mass is 19.4. The van der Waals surface area contributed by atoms with Crippen LogP contribution in [-0.4, -0.2) is 28.6 Å². The van der Waals surface area contributed by atoms with Gasteiger partial charge in [-0.25, -0.2) is 0 Å². The highest BCUT2D eigenvalue weighted by molar-refractivity contribution is 5.79. The van der Waals surface area contributed by atoms with Gasteiger partial charge in [-0.15, -0.1) is 0 Å². The lowest BCUT2D eigenvalue weighted by Crippen LogP contribution is -2.47. The van der Waals surface area contributed by atoms with Crippen molar-refractivity contribution in [2.45, 2.75) is 19.1 Å². The molecule has 0 saturated carbocycles. The molecule has 1 aromatic carbocycles. The standard InChI is InChI=1S/C20H18F3N3O2/c1-13-10-15-11-16(5-6-17(15)28-13)27-12-14-4-3-9-26(19(14)20(21,22)23)18-7-8-24-25(18)2/h3-11,19H,12H2,1-2H3. The van der Waals surface area contributed by atoms with Gasteiger partial charge in [0.15, 0.2) is 6.04 Å². The molecule has 8 heteroatoms. The molecule has 5 nitrogen and oxygen atoms in total. The molecule has 146 valence electrons. The lowest BCUT2D eigenvalue weighted by atomic mass is 10.0. The topological polar surface area (TPSA) is 43.4 Å². The fraction of sp³-hybridized carbons (Fsp3) is 0.250. The van der Waals surface area contributed by atoms with Crippen LogP contribution in [0, 0.1) is 6.92 Å². The van der Waals surface area contributed by atoms with Crippen molar-refractivity contribution in [2.24, 2.45) is 7.05 Å². The van der Waals surface area contributed by atoms with Gasteiger partial charge in [-0.2, -0.15) is 18.3 Å². The van der Waals surface area contributed by atoms with E-state index in [1.54, 1.807) is 37.4 Å². The predicted molar refractivity (Wildman–Crippen MR) is 99.2 cm³/mol. The number of rotatable bonds is 4. The van der Waals surface area contributed by atoms with E-state index in [1.807, 2.05) is 13.0 Å². The molecule has 0 spiro atoms. The van der Waals surface area contributed by atoms with Gasteiger partial charge in [0.1, 0.15) is 29.5 Å². The van der Waals surface area contributed by atoms with Crippen molar-refractivity contribution in [2.75, 3.05) is 11.5 Å². The Morgan fingerprint density at radius 3 is 2.75 bits per heavy atom. The normalized spacial score (nSPS) is 17.2. The maximum Gasteiger partial charge on any atom is 0.413 e. The largest absolute Gasteiger partial charge is 0.489 e. The lowest BCUT2D eigenvalue weighted by Gasteiger charge is -2.35. The van der Waals surface area contributed by atoms with Crippen LogP contribution in [0.3, 0.4) is 0 Å². The van der Waals surface area contributed by atoms with Crippen LogP contribution in [0.25, 0.3) is 11.0 Å². The summed E-state index contributed by atoms with van der Waals surface area (Å²) in [6.45, 7) is 1.64. The minimum Gasteiger partial charge on any atom is -0.489 e. The second kappa shape index (κ2) is 6.78. The summed E-state index contributed by atoms with van der Waals surface area (Å²) in [5, 5.41) is 4.82. The van der Waals surface area contributed by atoms with Crippen LogP contribution in [0.2, 0.25) is 0 Å². The highest BCUT2D eigenvalue weighted by Gasteiger charge is 2.47. The number of aromatic nitrogens is 2. The van der Waals surface area contributed by atoms with Crippen LogP contribution < -0.4 is 9.64 Å². The maximum absolute atomic E-state index is 13.9. The van der Waals surface area contributed by atoms with Crippen molar-refractivity contribution < 1.29 is 22.3 Å². The first-order valence-corrected chi connectivity index (χ1v) is 8.66. The molecule has 3 heterocycles. The van der Waals surface area contributed by atoms with Gasteiger partial charge < -0.3 is 14.1 Å². The van der Waals surface area contributed by atoms with E-state index in [4.69, 9.17) is 9.15 Å². The smallest absolute Gasteiger partial charge is 0.413 e. The van der Waals surface area contributed by atoms with Crippen molar-refractivity contribution in [3.05, 3.63) is 66.2 Å². The molecule has 1 atom stereocenters. The van der Waals surface area contributed by atoms with Crippen LogP contribution in [0.4, 0.5) is 19.0 Å².